The van der Waals surface area contributed by atoms with E-state index in [2.05, 4.69) is 15.6 Å². The molecule has 0 saturated heterocycles. The number of benzene rings is 1. The molecule has 1 atom stereocenters. The van der Waals surface area contributed by atoms with Gasteiger partial charge in [0, 0.05) is 17.8 Å². The molecule has 1 heterocycles. The van der Waals surface area contributed by atoms with Crippen molar-refractivity contribution in [1.82, 2.24) is 10.3 Å². The zero-order valence-corrected chi connectivity index (χ0v) is 14.3. The molecule has 7 heteroatoms. The number of nitrogens with zero attached hydrogens (tertiary/aromatic N) is 1. The van der Waals surface area contributed by atoms with Gasteiger partial charge in [0.25, 0.3) is 0 Å². The lowest BCUT2D eigenvalue weighted by molar-refractivity contribution is -0.137. The Morgan fingerprint density at radius 2 is 2.04 bits per heavy atom. The lowest BCUT2D eigenvalue weighted by Crippen LogP contribution is -2.39. The third-order valence-corrected chi connectivity index (χ3v) is 4.31. The smallest absolute Gasteiger partial charge is 0.321 e. The fourth-order valence-corrected chi connectivity index (χ4v) is 3.06. The van der Waals surface area contributed by atoms with E-state index in [1.54, 1.807) is 0 Å². The minimum Gasteiger partial charge on any atom is -0.481 e. The molecule has 0 spiro atoms. The third-order valence-electron chi connectivity index (χ3n) is 3.50. The first-order chi connectivity index (χ1) is 11.6. The van der Waals surface area contributed by atoms with E-state index >= 15 is 0 Å². The summed E-state index contributed by atoms with van der Waals surface area (Å²) >= 11 is 1.37. The normalized spacial score (nSPS) is 11.7. The molecule has 2 aromatic rings. The first kappa shape index (κ1) is 17.9. The number of urea groups is 1. The van der Waals surface area contributed by atoms with E-state index in [-0.39, 0.29) is 18.5 Å². The molecule has 1 unspecified atom stereocenters. The maximum absolute atomic E-state index is 12.2. The van der Waals surface area contributed by atoms with E-state index in [9.17, 15) is 9.59 Å². The molecule has 3 N–H and O–H groups in total. The van der Waals surface area contributed by atoms with Crippen LogP contribution in [0, 0.1) is 0 Å². The van der Waals surface area contributed by atoms with Crippen molar-refractivity contribution in [3.8, 4) is 0 Å². The Bertz CT molecular complexity index is 673. The van der Waals surface area contributed by atoms with E-state index in [4.69, 9.17) is 5.11 Å². The van der Waals surface area contributed by atoms with Crippen molar-refractivity contribution in [1.29, 1.82) is 0 Å². The Labute approximate surface area is 144 Å². The Morgan fingerprint density at radius 1 is 1.29 bits per heavy atom. The fourth-order valence-electron chi connectivity index (χ4n) is 2.27. The second kappa shape index (κ2) is 9.02. The molecular formula is C17H21N3O3S. The van der Waals surface area contributed by atoms with Gasteiger partial charge >= 0.3 is 12.0 Å². The number of rotatable bonds is 8. The van der Waals surface area contributed by atoms with E-state index < -0.39 is 5.97 Å². The summed E-state index contributed by atoms with van der Waals surface area (Å²) in [7, 11) is 0. The monoisotopic (exact) mass is 347 g/mol. The number of nitrogens with one attached hydrogen (secondary N) is 2. The number of carboxylic acids is 1. The van der Waals surface area contributed by atoms with Gasteiger partial charge in [-0.2, -0.15) is 0 Å². The van der Waals surface area contributed by atoms with Crippen LogP contribution >= 0.6 is 11.3 Å². The van der Waals surface area contributed by atoms with E-state index in [0.29, 0.717) is 18.0 Å². The van der Waals surface area contributed by atoms with Crippen molar-refractivity contribution in [2.45, 2.75) is 38.6 Å². The summed E-state index contributed by atoms with van der Waals surface area (Å²) in [5.74, 6) is -0.872. The average Bonchev–Trinajstić information content (AvgIpc) is 3.01. The Kier molecular flexibility index (Phi) is 6.74. The van der Waals surface area contributed by atoms with Gasteiger partial charge in [0.1, 0.15) is 0 Å². The number of thiazole rings is 1. The maximum atomic E-state index is 12.2. The number of hydrogen-bond acceptors (Lipinski definition) is 4. The van der Waals surface area contributed by atoms with Gasteiger partial charge in [-0.05, 0) is 24.8 Å². The molecule has 0 aliphatic carbocycles. The lowest BCUT2D eigenvalue weighted by Gasteiger charge is -2.18. The van der Waals surface area contributed by atoms with Crippen molar-refractivity contribution in [2.24, 2.45) is 0 Å². The van der Waals surface area contributed by atoms with Crippen molar-refractivity contribution < 1.29 is 14.7 Å². The van der Waals surface area contributed by atoms with Crippen LogP contribution in [0.5, 0.6) is 0 Å². The summed E-state index contributed by atoms with van der Waals surface area (Å²) < 4.78 is 0. The number of aromatic nitrogens is 1. The SMILES string of the molecule is CCc1csc(NC(=O)NC(CCC(=O)O)Cc2ccccc2)n1. The third kappa shape index (κ3) is 6.00. The highest BCUT2D eigenvalue weighted by atomic mass is 32.1. The maximum Gasteiger partial charge on any atom is 0.321 e. The van der Waals surface area contributed by atoms with Crippen LogP contribution < -0.4 is 10.6 Å². The molecule has 128 valence electrons. The average molecular weight is 347 g/mol. The van der Waals surface area contributed by atoms with Gasteiger partial charge in [-0.3, -0.25) is 10.1 Å². The highest BCUT2D eigenvalue weighted by Gasteiger charge is 2.15. The van der Waals surface area contributed by atoms with Crippen molar-refractivity contribution in [3.63, 3.8) is 0 Å². The number of carbonyl (C=O) groups excluding carboxylic acids is 1. The van der Waals surface area contributed by atoms with Crippen LogP contribution in [0.3, 0.4) is 0 Å². The highest BCUT2D eigenvalue weighted by molar-refractivity contribution is 7.13. The zero-order valence-electron chi connectivity index (χ0n) is 13.5. The first-order valence-electron chi connectivity index (χ1n) is 7.84. The summed E-state index contributed by atoms with van der Waals surface area (Å²) in [6.45, 7) is 2.00. The summed E-state index contributed by atoms with van der Waals surface area (Å²) in [6, 6.07) is 9.07. The molecule has 24 heavy (non-hydrogen) atoms. The summed E-state index contributed by atoms with van der Waals surface area (Å²) in [5.41, 5.74) is 1.98. The van der Waals surface area contributed by atoms with E-state index in [0.717, 1.165) is 17.7 Å². The van der Waals surface area contributed by atoms with Gasteiger partial charge in [-0.25, -0.2) is 9.78 Å². The van der Waals surface area contributed by atoms with Gasteiger partial charge in [-0.1, -0.05) is 37.3 Å². The quantitative estimate of drug-likeness (QED) is 0.683. The minimum absolute atomic E-state index is 0.00894. The molecule has 0 aliphatic rings. The van der Waals surface area contributed by atoms with Crippen LogP contribution in [-0.4, -0.2) is 28.1 Å². The predicted octanol–water partition coefficient (Wildman–Crippen LogP) is 3.30. The number of hydrogen-bond donors (Lipinski definition) is 3. The first-order valence-corrected chi connectivity index (χ1v) is 8.72. The van der Waals surface area contributed by atoms with Crippen LogP contribution in [0.25, 0.3) is 0 Å². The molecule has 1 aromatic heterocycles. The standard InChI is InChI=1S/C17H21N3O3S/c1-2-13-11-24-17(19-13)20-16(23)18-14(8-9-15(21)22)10-12-6-4-3-5-7-12/h3-7,11,14H,2,8-10H2,1H3,(H,21,22)(H2,18,19,20,23). The number of anilines is 1. The van der Waals surface area contributed by atoms with Gasteiger partial charge in [-0.15, -0.1) is 11.3 Å². The number of carboxylic acid groups (broad SMARTS) is 1. The molecule has 0 aliphatic heterocycles. The lowest BCUT2D eigenvalue weighted by atomic mass is 10.0. The number of aryl methyl sites for hydroxylation is 1. The van der Waals surface area contributed by atoms with Gasteiger partial charge in [0.2, 0.25) is 0 Å². The van der Waals surface area contributed by atoms with Crippen LogP contribution in [-0.2, 0) is 17.6 Å². The zero-order chi connectivity index (χ0) is 17.4. The summed E-state index contributed by atoms with van der Waals surface area (Å²) in [4.78, 5) is 27.3. The topological polar surface area (TPSA) is 91.3 Å². The molecule has 0 radical (unpaired) electrons. The van der Waals surface area contributed by atoms with Crippen molar-refractivity contribution in [3.05, 3.63) is 47.0 Å². The molecule has 0 fully saturated rings. The van der Waals surface area contributed by atoms with Gasteiger partial charge in [0.05, 0.1) is 5.69 Å². The molecule has 2 rings (SSSR count). The van der Waals surface area contributed by atoms with Crippen molar-refractivity contribution >= 4 is 28.5 Å². The number of amides is 2. The molecule has 6 nitrogen and oxygen atoms in total. The van der Waals surface area contributed by atoms with E-state index in [1.165, 1.54) is 11.3 Å². The number of carbonyl (C=O) groups is 2. The minimum atomic E-state index is -0.872. The second-order valence-corrected chi connectivity index (χ2v) is 6.27. The molecule has 2 amide bonds. The van der Waals surface area contributed by atoms with Crippen LogP contribution in [0.15, 0.2) is 35.7 Å². The van der Waals surface area contributed by atoms with E-state index in [1.807, 2.05) is 42.6 Å². The van der Waals surface area contributed by atoms with Gasteiger partial charge < -0.3 is 10.4 Å². The molecular weight excluding hydrogens is 326 g/mol. The highest BCUT2D eigenvalue weighted by Crippen LogP contribution is 2.16. The van der Waals surface area contributed by atoms with Crippen LogP contribution in [0.2, 0.25) is 0 Å². The molecule has 0 saturated carbocycles. The fraction of sp³-hybridized carbons (Fsp3) is 0.353. The predicted molar refractivity (Wildman–Crippen MR) is 94.5 cm³/mol. The Balaban J connectivity index is 1.95. The van der Waals surface area contributed by atoms with Crippen molar-refractivity contribution in [2.75, 3.05) is 5.32 Å². The second-order valence-electron chi connectivity index (χ2n) is 5.42. The molecule has 0 bridgehead atoms. The summed E-state index contributed by atoms with van der Waals surface area (Å²) in [6.07, 6.45) is 1.78. The Morgan fingerprint density at radius 3 is 2.67 bits per heavy atom. The van der Waals surface area contributed by atoms with Crippen LogP contribution in [0.4, 0.5) is 9.93 Å². The van der Waals surface area contributed by atoms with Crippen LogP contribution in [0.1, 0.15) is 31.0 Å². The number of aliphatic carboxylic acids is 1. The molecule has 1 aromatic carbocycles. The van der Waals surface area contributed by atoms with Gasteiger partial charge in [0.15, 0.2) is 5.13 Å². The Hall–Kier alpha value is -2.41. The summed E-state index contributed by atoms with van der Waals surface area (Å²) in [5, 5.41) is 16.9. The largest absolute Gasteiger partial charge is 0.481 e.